The van der Waals surface area contributed by atoms with Gasteiger partial charge in [0.2, 0.25) is 0 Å². The number of nitrogens with zero attached hydrogens (tertiary/aromatic N) is 1. The molecule has 70 valence electrons. The average molecular weight is 179 g/mol. The van der Waals surface area contributed by atoms with E-state index in [-0.39, 0.29) is 5.78 Å². The van der Waals surface area contributed by atoms with Crippen molar-refractivity contribution in [3.05, 3.63) is 30.5 Å². The smallest absolute Gasteiger partial charge is 0.196 e. The van der Waals surface area contributed by atoms with Gasteiger partial charge in [0.1, 0.15) is 0 Å². The van der Waals surface area contributed by atoms with Crippen LogP contribution >= 0.6 is 0 Å². The van der Waals surface area contributed by atoms with E-state index in [0.717, 1.165) is 0 Å². The van der Waals surface area contributed by atoms with Crippen molar-refractivity contribution in [2.75, 3.05) is 18.5 Å². The summed E-state index contributed by atoms with van der Waals surface area (Å²) in [5.74, 6) is 1.02. The Bertz CT molecular complexity index is 314. The molecular weight excluding hydrogens is 166 g/mol. The Hall–Kier alpha value is -1.51. The summed E-state index contributed by atoms with van der Waals surface area (Å²) in [6.45, 7) is 5.80. The molecule has 0 aliphatic carbocycles. The summed E-state index contributed by atoms with van der Waals surface area (Å²) in [7, 11) is 1.88. The first-order chi connectivity index (χ1) is 6.15. The summed E-state index contributed by atoms with van der Waals surface area (Å²) in [6.07, 6.45) is 1.77. The summed E-state index contributed by atoms with van der Waals surface area (Å²) < 4.78 is 5.29. The summed E-state index contributed by atoms with van der Waals surface area (Å²) in [5, 5.41) is 0. The van der Waals surface area contributed by atoms with Gasteiger partial charge in [-0.3, -0.25) is 4.79 Å². The van der Waals surface area contributed by atoms with Crippen LogP contribution in [0.2, 0.25) is 0 Å². The molecule has 0 unspecified atom stereocenters. The third kappa shape index (κ3) is 2.21. The van der Waals surface area contributed by atoms with Crippen LogP contribution in [0.15, 0.2) is 29.2 Å². The molecule has 0 spiro atoms. The first kappa shape index (κ1) is 9.58. The minimum atomic E-state index is -0.0572. The van der Waals surface area contributed by atoms with Crippen LogP contribution in [0.4, 0.5) is 5.88 Å². The minimum absolute atomic E-state index is 0.0572. The standard InChI is InChI=1S/C10H13NO2/c1-4-7-11(3)10-6-5-9(13-10)8(2)12/h4-6H,1,7H2,2-3H3. The molecule has 0 aliphatic heterocycles. The second kappa shape index (κ2) is 3.94. The molecule has 3 nitrogen and oxygen atoms in total. The van der Waals surface area contributed by atoms with E-state index in [9.17, 15) is 4.79 Å². The molecule has 1 rings (SSSR count). The Morgan fingerprint density at radius 3 is 2.85 bits per heavy atom. The number of rotatable bonds is 4. The maximum Gasteiger partial charge on any atom is 0.196 e. The maximum atomic E-state index is 10.9. The Labute approximate surface area is 77.6 Å². The molecule has 1 heterocycles. The van der Waals surface area contributed by atoms with Crippen molar-refractivity contribution in [1.29, 1.82) is 0 Å². The van der Waals surface area contributed by atoms with Crippen LogP contribution in [-0.4, -0.2) is 19.4 Å². The van der Waals surface area contributed by atoms with Crippen LogP contribution in [0.1, 0.15) is 17.5 Å². The van der Waals surface area contributed by atoms with Crippen molar-refractivity contribution in [3.63, 3.8) is 0 Å². The average Bonchev–Trinajstić information content (AvgIpc) is 2.52. The number of likely N-dealkylation sites (N-methyl/N-ethyl adjacent to an activating group) is 1. The topological polar surface area (TPSA) is 33.5 Å². The van der Waals surface area contributed by atoms with Gasteiger partial charge in [0, 0.05) is 26.6 Å². The van der Waals surface area contributed by atoms with Gasteiger partial charge in [0.05, 0.1) is 0 Å². The molecule has 0 saturated carbocycles. The second-order valence-electron chi connectivity index (χ2n) is 2.86. The number of carbonyl (C=O) groups is 1. The highest BCUT2D eigenvalue weighted by atomic mass is 16.4. The third-order valence-electron chi connectivity index (χ3n) is 1.72. The summed E-state index contributed by atoms with van der Waals surface area (Å²) in [4.78, 5) is 12.8. The number of carbonyl (C=O) groups excluding carboxylic acids is 1. The number of ketones is 1. The lowest BCUT2D eigenvalue weighted by Crippen LogP contribution is -2.15. The van der Waals surface area contributed by atoms with Crippen LogP contribution in [-0.2, 0) is 0 Å². The van der Waals surface area contributed by atoms with Crippen LogP contribution < -0.4 is 4.90 Å². The third-order valence-corrected chi connectivity index (χ3v) is 1.72. The van der Waals surface area contributed by atoms with E-state index in [1.54, 1.807) is 18.2 Å². The zero-order valence-corrected chi connectivity index (χ0v) is 7.91. The van der Waals surface area contributed by atoms with Gasteiger partial charge in [-0.25, -0.2) is 0 Å². The molecule has 1 aromatic heterocycles. The largest absolute Gasteiger partial charge is 0.437 e. The van der Waals surface area contributed by atoms with Gasteiger partial charge in [-0.2, -0.15) is 0 Å². The SMILES string of the molecule is C=CCN(C)c1ccc(C(C)=O)o1. The maximum absolute atomic E-state index is 10.9. The van der Waals surface area contributed by atoms with E-state index in [0.29, 0.717) is 18.2 Å². The monoisotopic (exact) mass is 179 g/mol. The molecule has 0 aromatic carbocycles. The van der Waals surface area contributed by atoms with Crippen LogP contribution in [0.25, 0.3) is 0 Å². The molecule has 0 saturated heterocycles. The summed E-state index contributed by atoms with van der Waals surface area (Å²) >= 11 is 0. The molecule has 13 heavy (non-hydrogen) atoms. The van der Waals surface area contributed by atoms with Gasteiger partial charge in [0.25, 0.3) is 0 Å². The number of Topliss-reactive ketones (excluding diaryl/α,β-unsaturated/α-hetero) is 1. The van der Waals surface area contributed by atoms with Crippen LogP contribution in [0.3, 0.4) is 0 Å². The Balaban J connectivity index is 2.78. The Morgan fingerprint density at radius 1 is 1.69 bits per heavy atom. The number of furan rings is 1. The summed E-state index contributed by atoms with van der Waals surface area (Å²) in [6, 6.07) is 3.46. The van der Waals surface area contributed by atoms with Crippen molar-refractivity contribution in [3.8, 4) is 0 Å². The second-order valence-corrected chi connectivity index (χ2v) is 2.86. The lowest BCUT2D eigenvalue weighted by molar-refractivity contribution is 0.0988. The van der Waals surface area contributed by atoms with E-state index in [4.69, 9.17) is 4.42 Å². The predicted octanol–water partition coefficient (Wildman–Crippen LogP) is 2.10. The zero-order valence-electron chi connectivity index (χ0n) is 7.91. The highest BCUT2D eigenvalue weighted by Gasteiger charge is 2.08. The van der Waals surface area contributed by atoms with E-state index < -0.39 is 0 Å². The number of anilines is 1. The Kier molecular flexibility index (Phi) is 2.90. The fourth-order valence-corrected chi connectivity index (χ4v) is 1.01. The molecule has 0 aliphatic rings. The first-order valence-electron chi connectivity index (χ1n) is 4.08. The highest BCUT2D eigenvalue weighted by molar-refractivity contribution is 5.91. The molecule has 1 aromatic rings. The van der Waals surface area contributed by atoms with E-state index >= 15 is 0 Å². The molecule has 0 amide bonds. The van der Waals surface area contributed by atoms with Gasteiger partial charge < -0.3 is 9.32 Å². The van der Waals surface area contributed by atoms with Crippen molar-refractivity contribution in [2.24, 2.45) is 0 Å². The first-order valence-corrected chi connectivity index (χ1v) is 4.08. The van der Waals surface area contributed by atoms with Crippen molar-refractivity contribution >= 4 is 11.7 Å². The van der Waals surface area contributed by atoms with Crippen LogP contribution in [0.5, 0.6) is 0 Å². The van der Waals surface area contributed by atoms with Gasteiger partial charge >= 0.3 is 0 Å². The van der Waals surface area contributed by atoms with Crippen LogP contribution in [0, 0.1) is 0 Å². The Morgan fingerprint density at radius 2 is 2.38 bits per heavy atom. The van der Waals surface area contributed by atoms with Crippen molar-refractivity contribution < 1.29 is 9.21 Å². The normalized spacial score (nSPS) is 9.69. The fraction of sp³-hybridized carbons (Fsp3) is 0.300. The van der Waals surface area contributed by atoms with Gasteiger partial charge in [-0.1, -0.05) is 6.08 Å². The van der Waals surface area contributed by atoms with Gasteiger partial charge in [-0.15, -0.1) is 6.58 Å². The number of hydrogen-bond acceptors (Lipinski definition) is 3. The molecule has 0 fully saturated rings. The molecule has 0 N–H and O–H groups in total. The van der Waals surface area contributed by atoms with E-state index in [2.05, 4.69) is 6.58 Å². The highest BCUT2D eigenvalue weighted by Crippen LogP contribution is 2.17. The molecular formula is C10H13NO2. The lowest BCUT2D eigenvalue weighted by Gasteiger charge is -2.12. The number of hydrogen-bond donors (Lipinski definition) is 0. The summed E-state index contributed by atoms with van der Waals surface area (Å²) in [5.41, 5.74) is 0. The van der Waals surface area contributed by atoms with Crippen molar-refractivity contribution in [2.45, 2.75) is 6.92 Å². The predicted molar refractivity (Wildman–Crippen MR) is 52.2 cm³/mol. The molecule has 0 radical (unpaired) electrons. The van der Waals surface area contributed by atoms with Crippen molar-refractivity contribution in [1.82, 2.24) is 0 Å². The quantitative estimate of drug-likeness (QED) is 0.524. The molecule has 3 heteroatoms. The zero-order chi connectivity index (χ0) is 9.84. The molecule has 0 atom stereocenters. The van der Waals surface area contributed by atoms with Gasteiger partial charge in [-0.05, 0) is 6.07 Å². The molecule has 0 bridgehead atoms. The minimum Gasteiger partial charge on any atom is -0.437 e. The lowest BCUT2D eigenvalue weighted by atomic mass is 10.3. The van der Waals surface area contributed by atoms with E-state index in [1.165, 1.54) is 6.92 Å². The van der Waals surface area contributed by atoms with E-state index in [1.807, 2.05) is 11.9 Å². The van der Waals surface area contributed by atoms with Gasteiger partial charge in [0.15, 0.2) is 17.4 Å². The fourth-order valence-electron chi connectivity index (χ4n) is 1.01.